The van der Waals surface area contributed by atoms with Crippen molar-refractivity contribution in [2.24, 2.45) is 5.41 Å². The monoisotopic (exact) mass is 324 g/mol. The molecular formula is C14H14BrFN2O. The van der Waals surface area contributed by atoms with Gasteiger partial charge in [0.2, 0.25) is 0 Å². The maximum Gasteiger partial charge on any atom is 0.256 e. The van der Waals surface area contributed by atoms with Gasteiger partial charge in [-0.1, -0.05) is 15.9 Å². The van der Waals surface area contributed by atoms with Gasteiger partial charge < -0.3 is 4.90 Å². The van der Waals surface area contributed by atoms with Crippen molar-refractivity contribution >= 4 is 21.8 Å². The number of hydrogen-bond acceptors (Lipinski definition) is 2. The third kappa shape index (κ3) is 2.95. The molecule has 0 N–H and O–H groups in total. The largest absolute Gasteiger partial charge is 0.338 e. The first kappa shape index (κ1) is 14.0. The lowest BCUT2D eigenvalue weighted by molar-refractivity contribution is 0.0657. The van der Waals surface area contributed by atoms with Crippen LogP contribution in [0, 0.1) is 22.6 Å². The van der Waals surface area contributed by atoms with Crippen molar-refractivity contribution in [3.05, 3.63) is 34.1 Å². The molecule has 1 aromatic carbocycles. The lowest BCUT2D eigenvalue weighted by Gasteiger charge is -2.35. The average Bonchev–Trinajstić information content (AvgIpc) is 2.42. The highest BCUT2D eigenvalue weighted by atomic mass is 79.9. The van der Waals surface area contributed by atoms with Gasteiger partial charge >= 0.3 is 0 Å². The van der Waals surface area contributed by atoms with Gasteiger partial charge in [-0.15, -0.1) is 0 Å². The highest BCUT2D eigenvalue weighted by Crippen LogP contribution is 2.30. The molecule has 1 saturated heterocycles. The quantitative estimate of drug-likeness (QED) is 0.795. The van der Waals surface area contributed by atoms with Crippen LogP contribution in [-0.2, 0) is 0 Å². The second-order valence-corrected chi connectivity index (χ2v) is 6.00. The van der Waals surface area contributed by atoms with Crippen molar-refractivity contribution in [3.8, 4) is 6.07 Å². The SMILES string of the molecule is CC1(C#N)CCN(C(=O)c2cc(Br)ccc2F)CC1. The molecule has 0 bridgehead atoms. The van der Waals surface area contributed by atoms with Crippen LogP contribution >= 0.6 is 15.9 Å². The lowest BCUT2D eigenvalue weighted by atomic mass is 9.82. The zero-order chi connectivity index (χ0) is 14.0. The Hall–Kier alpha value is -1.41. The predicted molar refractivity (Wildman–Crippen MR) is 73.0 cm³/mol. The van der Waals surface area contributed by atoms with Crippen molar-refractivity contribution in [1.82, 2.24) is 4.90 Å². The van der Waals surface area contributed by atoms with Crippen molar-refractivity contribution in [2.75, 3.05) is 13.1 Å². The van der Waals surface area contributed by atoms with Crippen LogP contribution in [0.15, 0.2) is 22.7 Å². The number of likely N-dealkylation sites (tertiary alicyclic amines) is 1. The van der Waals surface area contributed by atoms with E-state index >= 15 is 0 Å². The van der Waals surface area contributed by atoms with Gasteiger partial charge in [0.1, 0.15) is 5.82 Å². The third-order valence-electron chi connectivity index (χ3n) is 3.58. The molecule has 3 nitrogen and oxygen atoms in total. The van der Waals surface area contributed by atoms with Gasteiger partial charge in [0.05, 0.1) is 17.0 Å². The second kappa shape index (κ2) is 5.30. The Kier molecular flexibility index (Phi) is 3.91. The summed E-state index contributed by atoms with van der Waals surface area (Å²) in [4.78, 5) is 13.9. The van der Waals surface area contributed by atoms with Crippen LogP contribution in [0.3, 0.4) is 0 Å². The Morgan fingerprint density at radius 3 is 2.68 bits per heavy atom. The molecule has 0 aromatic heterocycles. The molecule has 2 rings (SSSR count). The summed E-state index contributed by atoms with van der Waals surface area (Å²) in [5.41, 5.74) is -0.290. The Morgan fingerprint density at radius 1 is 1.47 bits per heavy atom. The van der Waals surface area contributed by atoms with E-state index in [-0.39, 0.29) is 16.9 Å². The summed E-state index contributed by atoms with van der Waals surface area (Å²) < 4.78 is 14.3. The van der Waals surface area contributed by atoms with Gasteiger partial charge in [0.15, 0.2) is 0 Å². The van der Waals surface area contributed by atoms with Gasteiger partial charge in [0, 0.05) is 17.6 Å². The molecule has 0 atom stereocenters. The number of rotatable bonds is 1. The van der Waals surface area contributed by atoms with E-state index in [1.54, 1.807) is 11.0 Å². The molecule has 1 aromatic rings. The van der Waals surface area contributed by atoms with E-state index in [0.29, 0.717) is 30.4 Å². The van der Waals surface area contributed by atoms with E-state index in [9.17, 15) is 9.18 Å². The summed E-state index contributed by atoms with van der Waals surface area (Å²) in [5.74, 6) is -0.819. The van der Waals surface area contributed by atoms with Crippen molar-refractivity contribution in [1.29, 1.82) is 5.26 Å². The molecule has 1 aliphatic rings. The second-order valence-electron chi connectivity index (χ2n) is 5.09. The van der Waals surface area contributed by atoms with E-state index in [2.05, 4.69) is 22.0 Å². The molecule has 0 radical (unpaired) electrons. The van der Waals surface area contributed by atoms with Gasteiger partial charge in [0.25, 0.3) is 5.91 Å². The first-order valence-corrected chi connectivity index (χ1v) is 6.90. The molecule has 5 heteroatoms. The van der Waals surface area contributed by atoms with Crippen molar-refractivity contribution < 1.29 is 9.18 Å². The number of hydrogen-bond donors (Lipinski definition) is 0. The molecule has 0 saturated carbocycles. The van der Waals surface area contributed by atoms with E-state index in [4.69, 9.17) is 5.26 Å². The smallest absolute Gasteiger partial charge is 0.256 e. The molecule has 0 aliphatic carbocycles. The standard InChI is InChI=1S/C14H14BrFN2O/c1-14(9-17)4-6-18(7-5-14)13(19)11-8-10(15)2-3-12(11)16/h2-3,8H,4-7H2,1H3. The van der Waals surface area contributed by atoms with E-state index in [1.807, 2.05) is 6.92 Å². The molecular weight excluding hydrogens is 311 g/mol. The van der Waals surface area contributed by atoms with Crippen LogP contribution in [0.1, 0.15) is 30.1 Å². The normalized spacial score (nSPS) is 17.9. The zero-order valence-electron chi connectivity index (χ0n) is 10.6. The number of halogens is 2. The van der Waals surface area contributed by atoms with E-state index in [1.165, 1.54) is 12.1 Å². The topological polar surface area (TPSA) is 44.1 Å². The summed E-state index contributed by atoms with van der Waals surface area (Å²) in [6, 6.07) is 6.62. The summed E-state index contributed by atoms with van der Waals surface area (Å²) in [6.45, 7) is 2.89. The number of amides is 1. The highest BCUT2D eigenvalue weighted by molar-refractivity contribution is 9.10. The minimum atomic E-state index is -0.512. The van der Waals surface area contributed by atoms with E-state index < -0.39 is 5.82 Å². The van der Waals surface area contributed by atoms with Crippen LogP contribution in [0.5, 0.6) is 0 Å². The van der Waals surface area contributed by atoms with Crippen LogP contribution in [0.4, 0.5) is 4.39 Å². The third-order valence-corrected chi connectivity index (χ3v) is 4.08. The van der Waals surface area contributed by atoms with Crippen LogP contribution in [-0.4, -0.2) is 23.9 Å². The zero-order valence-corrected chi connectivity index (χ0v) is 12.2. The molecule has 1 heterocycles. The van der Waals surface area contributed by atoms with Gasteiger partial charge in [-0.3, -0.25) is 4.79 Å². The number of carbonyl (C=O) groups is 1. The Morgan fingerprint density at radius 2 is 2.11 bits per heavy atom. The fourth-order valence-corrected chi connectivity index (χ4v) is 2.51. The minimum absolute atomic E-state index is 0.0786. The average molecular weight is 325 g/mol. The number of nitriles is 1. The Labute approximate surface area is 120 Å². The minimum Gasteiger partial charge on any atom is -0.338 e. The Balaban J connectivity index is 2.14. The summed E-state index contributed by atoms with van der Waals surface area (Å²) in [6.07, 6.45) is 1.26. The highest BCUT2D eigenvalue weighted by Gasteiger charge is 2.32. The number of benzene rings is 1. The number of carbonyl (C=O) groups excluding carboxylic acids is 1. The van der Waals surface area contributed by atoms with Crippen LogP contribution < -0.4 is 0 Å². The summed E-state index contributed by atoms with van der Waals surface area (Å²) in [5, 5.41) is 9.05. The molecule has 100 valence electrons. The molecule has 19 heavy (non-hydrogen) atoms. The first-order chi connectivity index (χ1) is 8.95. The molecule has 1 amide bonds. The van der Waals surface area contributed by atoms with Gasteiger partial charge in [-0.05, 0) is 38.0 Å². The Bertz CT molecular complexity index is 545. The van der Waals surface area contributed by atoms with E-state index in [0.717, 1.165) is 0 Å². The first-order valence-electron chi connectivity index (χ1n) is 6.11. The number of piperidine rings is 1. The fourth-order valence-electron chi connectivity index (χ4n) is 2.15. The number of nitrogens with zero attached hydrogens (tertiary/aromatic N) is 2. The maximum atomic E-state index is 13.7. The van der Waals surface area contributed by atoms with Crippen LogP contribution in [0.2, 0.25) is 0 Å². The lowest BCUT2D eigenvalue weighted by Crippen LogP contribution is -2.41. The van der Waals surface area contributed by atoms with Gasteiger partial charge in [-0.25, -0.2) is 4.39 Å². The van der Waals surface area contributed by atoms with Crippen LogP contribution in [0.25, 0.3) is 0 Å². The maximum absolute atomic E-state index is 13.7. The molecule has 1 aliphatic heterocycles. The summed E-state index contributed by atoms with van der Waals surface area (Å²) >= 11 is 3.24. The fraction of sp³-hybridized carbons (Fsp3) is 0.429. The molecule has 0 spiro atoms. The van der Waals surface area contributed by atoms with Gasteiger partial charge in [-0.2, -0.15) is 5.26 Å². The summed E-state index contributed by atoms with van der Waals surface area (Å²) in [7, 11) is 0. The molecule has 0 unspecified atom stereocenters. The predicted octanol–water partition coefficient (Wildman–Crippen LogP) is 3.35. The van der Waals surface area contributed by atoms with Crippen molar-refractivity contribution in [2.45, 2.75) is 19.8 Å². The van der Waals surface area contributed by atoms with Crippen molar-refractivity contribution in [3.63, 3.8) is 0 Å². The molecule has 1 fully saturated rings.